The summed E-state index contributed by atoms with van der Waals surface area (Å²) in [5.41, 5.74) is 4.12. The fourth-order valence-corrected chi connectivity index (χ4v) is 2.37. The highest BCUT2D eigenvalue weighted by atomic mass is 35.5. The van der Waals surface area contributed by atoms with Crippen molar-refractivity contribution in [2.75, 3.05) is 0 Å². The summed E-state index contributed by atoms with van der Waals surface area (Å²) >= 11 is 5.97. The molecule has 3 rings (SSSR count). The van der Waals surface area contributed by atoms with Gasteiger partial charge < -0.3 is 9.09 Å². The molecule has 0 unspecified atom stereocenters. The van der Waals surface area contributed by atoms with Gasteiger partial charge in [-0.15, -0.1) is 11.6 Å². The van der Waals surface area contributed by atoms with Gasteiger partial charge in [0.25, 0.3) is 0 Å². The number of fused-ring (bicyclic) bond motifs is 1. The van der Waals surface area contributed by atoms with Crippen LogP contribution in [0.2, 0.25) is 0 Å². The van der Waals surface area contributed by atoms with Gasteiger partial charge in [-0.3, -0.25) is 0 Å². The van der Waals surface area contributed by atoms with Gasteiger partial charge in [0, 0.05) is 6.07 Å². The zero-order chi connectivity index (χ0) is 12.5. The molecule has 2 heterocycles. The molecule has 0 saturated heterocycles. The third kappa shape index (κ3) is 1.78. The first-order valence-electron chi connectivity index (χ1n) is 5.69. The molecule has 0 aliphatic rings. The topological polar surface area (TPSA) is 43.9 Å². The second-order valence-corrected chi connectivity index (χ2v) is 4.45. The quantitative estimate of drug-likeness (QED) is 0.681. The van der Waals surface area contributed by atoms with Crippen molar-refractivity contribution in [2.24, 2.45) is 0 Å². The third-order valence-electron chi connectivity index (χ3n) is 2.98. The van der Waals surface area contributed by atoms with E-state index in [2.05, 4.69) is 27.7 Å². The molecule has 0 bridgehead atoms. The van der Waals surface area contributed by atoms with Crippen LogP contribution < -0.4 is 0 Å². The number of hydrogen-bond acceptors (Lipinski definition) is 3. The number of para-hydroxylation sites is 1. The minimum Gasteiger partial charge on any atom is -0.364 e. The van der Waals surface area contributed by atoms with Crippen molar-refractivity contribution in [1.29, 1.82) is 0 Å². The molecule has 0 spiro atoms. The van der Waals surface area contributed by atoms with E-state index < -0.39 is 0 Å². The first-order chi connectivity index (χ1) is 8.79. The molecule has 92 valence electrons. The summed E-state index contributed by atoms with van der Waals surface area (Å²) in [6, 6.07) is 7.92. The number of aryl methyl sites for hydroxylation is 1. The van der Waals surface area contributed by atoms with Gasteiger partial charge >= 0.3 is 0 Å². The first kappa shape index (κ1) is 11.3. The number of aromatic nitrogens is 3. The molecule has 0 fully saturated rings. The SMILES string of the molecule is Cc1cccc2nc(CCl)n(Cc3ccon3)c12. The molecule has 0 saturated carbocycles. The van der Waals surface area contributed by atoms with E-state index in [0.717, 1.165) is 22.6 Å². The molecular formula is C13H12ClN3O. The minimum absolute atomic E-state index is 0.381. The Hall–Kier alpha value is -1.81. The summed E-state index contributed by atoms with van der Waals surface area (Å²) in [4.78, 5) is 4.55. The Morgan fingerprint density at radius 3 is 2.94 bits per heavy atom. The van der Waals surface area contributed by atoms with E-state index in [1.54, 1.807) is 6.26 Å². The summed E-state index contributed by atoms with van der Waals surface area (Å²) in [5, 5.41) is 3.94. The Kier molecular flexibility index (Phi) is 2.80. The van der Waals surface area contributed by atoms with Gasteiger partial charge in [0.1, 0.15) is 17.8 Å². The van der Waals surface area contributed by atoms with E-state index in [9.17, 15) is 0 Å². The lowest BCUT2D eigenvalue weighted by atomic mass is 10.2. The van der Waals surface area contributed by atoms with Gasteiger partial charge in [-0.1, -0.05) is 17.3 Å². The lowest BCUT2D eigenvalue weighted by molar-refractivity contribution is 0.409. The second-order valence-electron chi connectivity index (χ2n) is 4.18. The fraction of sp³-hybridized carbons (Fsp3) is 0.231. The number of imidazole rings is 1. The smallest absolute Gasteiger partial charge is 0.125 e. The normalized spacial score (nSPS) is 11.2. The zero-order valence-corrected chi connectivity index (χ0v) is 10.7. The van der Waals surface area contributed by atoms with Gasteiger partial charge in [-0.25, -0.2) is 4.98 Å². The van der Waals surface area contributed by atoms with Gasteiger partial charge in [-0.2, -0.15) is 0 Å². The third-order valence-corrected chi connectivity index (χ3v) is 3.22. The molecule has 0 N–H and O–H groups in total. The van der Waals surface area contributed by atoms with Gasteiger partial charge in [0.15, 0.2) is 0 Å². The van der Waals surface area contributed by atoms with Crippen molar-refractivity contribution < 1.29 is 4.52 Å². The molecule has 2 aromatic heterocycles. The standard InChI is InChI=1S/C13H12ClN3O/c1-9-3-2-4-11-13(9)17(12(7-14)15-11)8-10-5-6-18-16-10/h2-6H,7-8H2,1H3. The molecular weight excluding hydrogens is 250 g/mol. The van der Waals surface area contributed by atoms with E-state index in [1.165, 1.54) is 5.56 Å². The van der Waals surface area contributed by atoms with Crippen LogP contribution in [0.1, 0.15) is 17.1 Å². The van der Waals surface area contributed by atoms with Crippen molar-refractivity contribution in [1.82, 2.24) is 14.7 Å². The fourth-order valence-electron chi connectivity index (χ4n) is 2.17. The van der Waals surface area contributed by atoms with Crippen LogP contribution in [-0.2, 0) is 12.4 Å². The zero-order valence-electron chi connectivity index (χ0n) is 9.93. The minimum atomic E-state index is 0.381. The van der Waals surface area contributed by atoms with Crippen LogP contribution >= 0.6 is 11.6 Å². The number of alkyl halides is 1. The largest absolute Gasteiger partial charge is 0.364 e. The average Bonchev–Trinajstić information content (AvgIpc) is 2.98. The molecule has 18 heavy (non-hydrogen) atoms. The average molecular weight is 262 g/mol. The molecule has 0 atom stereocenters. The molecule has 0 aliphatic carbocycles. The summed E-state index contributed by atoms with van der Waals surface area (Å²) in [6.45, 7) is 2.70. The monoisotopic (exact) mass is 261 g/mol. The highest BCUT2D eigenvalue weighted by molar-refractivity contribution is 6.16. The number of hydrogen-bond donors (Lipinski definition) is 0. The van der Waals surface area contributed by atoms with E-state index in [4.69, 9.17) is 16.1 Å². The van der Waals surface area contributed by atoms with Crippen LogP contribution in [0, 0.1) is 6.92 Å². The predicted molar refractivity (Wildman–Crippen MR) is 69.6 cm³/mol. The Balaban J connectivity index is 2.19. The van der Waals surface area contributed by atoms with E-state index in [0.29, 0.717) is 12.4 Å². The molecule has 0 radical (unpaired) electrons. The lowest BCUT2D eigenvalue weighted by Crippen LogP contribution is -2.04. The van der Waals surface area contributed by atoms with Gasteiger partial charge in [0.05, 0.1) is 23.5 Å². The number of rotatable bonds is 3. The highest BCUT2D eigenvalue weighted by Crippen LogP contribution is 2.22. The van der Waals surface area contributed by atoms with Crippen LogP contribution in [0.4, 0.5) is 0 Å². The Morgan fingerprint density at radius 2 is 2.22 bits per heavy atom. The van der Waals surface area contributed by atoms with Crippen LogP contribution in [0.5, 0.6) is 0 Å². The summed E-state index contributed by atoms with van der Waals surface area (Å²) < 4.78 is 6.96. The molecule has 5 heteroatoms. The molecule has 3 aromatic rings. The Labute approximate surface area is 109 Å². The van der Waals surface area contributed by atoms with Crippen LogP contribution in [0.25, 0.3) is 11.0 Å². The van der Waals surface area contributed by atoms with E-state index in [1.807, 2.05) is 18.2 Å². The van der Waals surface area contributed by atoms with Crippen molar-refractivity contribution in [3.8, 4) is 0 Å². The Bertz CT molecular complexity index is 673. The molecule has 0 aliphatic heterocycles. The number of benzene rings is 1. The van der Waals surface area contributed by atoms with Crippen molar-refractivity contribution in [2.45, 2.75) is 19.3 Å². The Morgan fingerprint density at radius 1 is 1.33 bits per heavy atom. The maximum Gasteiger partial charge on any atom is 0.125 e. The maximum absolute atomic E-state index is 5.97. The number of nitrogens with zero attached hydrogens (tertiary/aromatic N) is 3. The van der Waals surface area contributed by atoms with Crippen LogP contribution in [-0.4, -0.2) is 14.7 Å². The van der Waals surface area contributed by atoms with E-state index >= 15 is 0 Å². The van der Waals surface area contributed by atoms with Crippen LogP contribution in [0.3, 0.4) is 0 Å². The van der Waals surface area contributed by atoms with Crippen molar-refractivity contribution >= 4 is 22.6 Å². The van der Waals surface area contributed by atoms with Crippen LogP contribution in [0.15, 0.2) is 35.1 Å². The van der Waals surface area contributed by atoms with Crippen molar-refractivity contribution in [3.63, 3.8) is 0 Å². The number of halogens is 1. The summed E-state index contributed by atoms with van der Waals surface area (Å²) in [7, 11) is 0. The molecule has 4 nitrogen and oxygen atoms in total. The summed E-state index contributed by atoms with van der Waals surface area (Å²) in [6.07, 6.45) is 1.57. The lowest BCUT2D eigenvalue weighted by Gasteiger charge is -2.06. The van der Waals surface area contributed by atoms with E-state index in [-0.39, 0.29) is 0 Å². The van der Waals surface area contributed by atoms with Gasteiger partial charge in [-0.05, 0) is 18.6 Å². The highest BCUT2D eigenvalue weighted by Gasteiger charge is 2.12. The first-order valence-corrected chi connectivity index (χ1v) is 6.23. The summed E-state index contributed by atoms with van der Waals surface area (Å²) in [5.74, 6) is 1.23. The molecule has 0 amide bonds. The maximum atomic E-state index is 5.97. The van der Waals surface area contributed by atoms with Crippen molar-refractivity contribution in [3.05, 3.63) is 47.6 Å². The van der Waals surface area contributed by atoms with Gasteiger partial charge in [0.2, 0.25) is 0 Å². The second kappa shape index (κ2) is 4.46. The predicted octanol–water partition coefficient (Wildman–Crippen LogP) is 3.12. The molecule has 1 aromatic carbocycles.